The maximum absolute atomic E-state index is 3.38. The fourth-order valence-electron chi connectivity index (χ4n) is 1.39. The molecule has 1 rings (SSSR count). The number of hydrogen-bond acceptors (Lipinski definition) is 0. The zero-order chi connectivity index (χ0) is 10.2. The number of benzene rings is 1. The Morgan fingerprint density at radius 2 is 1.93 bits per heavy atom. The predicted octanol–water partition coefficient (Wildman–Crippen LogP) is 4.44. The number of allylic oxidation sites excluding steroid dienone is 1. The van der Waals surface area contributed by atoms with E-state index in [2.05, 4.69) is 49.9 Å². The van der Waals surface area contributed by atoms with Crippen LogP contribution in [0.2, 0.25) is 0 Å². The van der Waals surface area contributed by atoms with Crippen molar-refractivity contribution in [1.29, 1.82) is 0 Å². The maximum atomic E-state index is 3.38. The lowest BCUT2D eigenvalue weighted by Gasteiger charge is -1.96. The van der Waals surface area contributed by atoms with Gasteiger partial charge in [-0.05, 0) is 30.1 Å². The van der Waals surface area contributed by atoms with Crippen LogP contribution in [0.15, 0.2) is 41.6 Å². The van der Waals surface area contributed by atoms with Gasteiger partial charge in [-0.25, -0.2) is 0 Å². The largest absolute Gasteiger partial charge is 0.121 e. The Labute approximate surface area is 87.0 Å². The normalized spacial score (nSPS) is 9.29. The highest BCUT2D eigenvalue weighted by Gasteiger charge is 1.89. The summed E-state index contributed by atoms with van der Waals surface area (Å²) in [6.45, 7) is 4.40. The van der Waals surface area contributed by atoms with Gasteiger partial charge in [-0.2, -0.15) is 0 Å². The van der Waals surface area contributed by atoms with E-state index in [4.69, 9.17) is 0 Å². The van der Waals surface area contributed by atoms with Gasteiger partial charge in [0.1, 0.15) is 0 Å². The highest BCUT2D eigenvalue weighted by molar-refractivity contribution is 5.48. The third-order valence-corrected chi connectivity index (χ3v) is 2.22. The molecule has 0 aromatic heterocycles. The van der Waals surface area contributed by atoms with E-state index >= 15 is 0 Å². The van der Waals surface area contributed by atoms with Gasteiger partial charge in [-0.1, -0.05) is 50.6 Å². The SMILES string of the molecule is CCCC(=C=Cc1ccccc1)CC. The minimum absolute atomic E-state index is 1.11. The maximum Gasteiger partial charge on any atom is -0.0128 e. The van der Waals surface area contributed by atoms with Gasteiger partial charge in [0, 0.05) is 0 Å². The molecule has 0 spiro atoms. The standard InChI is InChI=1S/C14H18/c1-3-8-13(4-2)11-12-14-9-6-5-7-10-14/h5-7,9-10,12H,3-4,8H2,1-2H3. The van der Waals surface area contributed by atoms with Crippen molar-refractivity contribution >= 4 is 6.08 Å². The zero-order valence-electron chi connectivity index (χ0n) is 9.09. The van der Waals surface area contributed by atoms with Crippen LogP contribution in [0.3, 0.4) is 0 Å². The molecule has 0 amide bonds. The van der Waals surface area contributed by atoms with Crippen LogP contribution in [-0.2, 0) is 0 Å². The molecule has 0 nitrogen and oxygen atoms in total. The first kappa shape index (κ1) is 10.8. The molecule has 0 heterocycles. The van der Waals surface area contributed by atoms with Gasteiger partial charge in [0.2, 0.25) is 0 Å². The first-order chi connectivity index (χ1) is 6.86. The summed E-state index contributed by atoms with van der Waals surface area (Å²) in [4.78, 5) is 0. The summed E-state index contributed by atoms with van der Waals surface area (Å²) in [5.74, 6) is 0. The molecule has 1 aromatic carbocycles. The van der Waals surface area contributed by atoms with Crippen molar-refractivity contribution in [2.24, 2.45) is 0 Å². The minimum atomic E-state index is 1.11. The Balaban J connectivity index is 2.78. The second-order valence-electron chi connectivity index (χ2n) is 3.41. The number of rotatable bonds is 4. The lowest BCUT2D eigenvalue weighted by Crippen LogP contribution is -1.76. The Hall–Kier alpha value is -1.26. The molecule has 0 aliphatic heterocycles. The van der Waals surface area contributed by atoms with Gasteiger partial charge in [-0.15, -0.1) is 5.73 Å². The van der Waals surface area contributed by atoms with E-state index in [0.717, 1.165) is 6.42 Å². The third kappa shape index (κ3) is 3.64. The van der Waals surface area contributed by atoms with Gasteiger partial charge in [0.15, 0.2) is 0 Å². The average molecular weight is 186 g/mol. The molecule has 0 aliphatic carbocycles. The minimum Gasteiger partial charge on any atom is -0.121 e. The molecular weight excluding hydrogens is 168 g/mol. The molecule has 0 N–H and O–H groups in total. The van der Waals surface area contributed by atoms with E-state index < -0.39 is 0 Å². The van der Waals surface area contributed by atoms with E-state index in [9.17, 15) is 0 Å². The molecule has 0 unspecified atom stereocenters. The van der Waals surface area contributed by atoms with Crippen molar-refractivity contribution in [2.45, 2.75) is 33.1 Å². The van der Waals surface area contributed by atoms with Crippen LogP contribution in [0, 0.1) is 0 Å². The Morgan fingerprint density at radius 3 is 2.50 bits per heavy atom. The molecule has 0 heteroatoms. The molecule has 74 valence electrons. The Morgan fingerprint density at radius 1 is 1.21 bits per heavy atom. The molecule has 0 saturated heterocycles. The number of hydrogen-bond donors (Lipinski definition) is 0. The first-order valence-corrected chi connectivity index (χ1v) is 5.36. The van der Waals surface area contributed by atoms with E-state index in [0.29, 0.717) is 0 Å². The fourth-order valence-corrected chi connectivity index (χ4v) is 1.39. The summed E-state index contributed by atoms with van der Waals surface area (Å²) in [6.07, 6.45) is 5.56. The van der Waals surface area contributed by atoms with Crippen LogP contribution in [0.5, 0.6) is 0 Å². The zero-order valence-corrected chi connectivity index (χ0v) is 9.09. The summed E-state index contributed by atoms with van der Waals surface area (Å²) in [5, 5.41) is 0. The van der Waals surface area contributed by atoms with E-state index in [-0.39, 0.29) is 0 Å². The van der Waals surface area contributed by atoms with Gasteiger partial charge in [0.25, 0.3) is 0 Å². The van der Waals surface area contributed by atoms with Crippen molar-refractivity contribution in [2.75, 3.05) is 0 Å². The van der Waals surface area contributed by atoms with Gasteiger partial charge < -0.3 is 0 Å². The smallest absolute Gasteiger partial charge is 0.0128 e. The molecule has 1 aromatic rings. The summed E-state index contributed by atoms with van der Waals surface area (Å²) >= 11 is 0. The average Bonchev–Trinajstić information content (AvgIpc) is 2.25. The fraction of sp³-hybridized carbons (Fsp3) is 0.357. The summed E-state index contributed by atoms with van der Waals surface area (Å²) < 4.78 is 0. The second-order valence-corrected chi connectivity index (χ2v) is 3.41. The topological polar surface area (TPSA) is 0 Å². The summed E-state index contributed by atoms with van der Waals surface area (Å²) in [7, 11) is 0. The monoisotopic (exact) mass is 186 g/mol. The van der Waals surface area contributed by atoms with Crippen LogP contribution in [-0.4, -0.2) is 0 Å². The molecule has 0 saturated carbocycles. The summed E-state index contributed by atoms with van der Waals surface area (Å²) in [5.41, 5.74) is 6.02. The third-order valence-electron chi connectivity index (χ3n) is 2.22. The van der Waals surface area contributed by atoms with E-state index in [1.165, 1.54) is 24.0 Å². The van der Waals surface area contributed by atoms with Gasteiger partial charge >= 0.3 is 0 Å². The van der Waals surface area contributed by atoms with Crippen LogP contribution in [0.4, 0.5) is 0 Å². The van der Waals surface area contributed by atoms with Crippen molar-refractivity contribution in [3.05, 3.63) is 47.2 Å². The van der Waals surface area contributed by atoms with Crippen LogP contribution in [0.25, 0.3) is 6.08 Å². The van der Waals surface area contributed by atoms with Gasteiger partial charge in [0.05, 0.1) is 0 Å². The predicted molar refractivity (Wildman–Crippen MR) is 63.1 cm³/mol. The first-order valence-electron chi connectivity index (χ1n) is 5.36. The second kappa shape index (κ2) is 6.23. The molecule has 0 bridgehead atoms. The highest BCUT2D eigenvalue weighted by Crippen LogP contribution is 2.08. The molecule has 0 fully saturated rings. The Bertz CT molecular complexity index is 313. The molecule has 14 heavy (non-hydrogen) atoms. The van der Waals surface area contributed by atoms with Crippen molar-refractivity contribution in [1.82, 2.24) is 0 Å². The Kier molecular flexibility index (Phi) is 4.82. The summed E-state index contributed by atoms with van der Waals surface area (Å²) in [6, 6.07) is 10.4. The van der Waals surface area contributed by atoms with E-state index in [1.54, 1.807) is 0 Å². The highest BCUT2D eigenvalue weighted by atomic mass is 13.9. The quantitative estimate of drug-likeness (QED) is 0.610. The van der Waals surface area contributed by atoms with Crippen molar-refractivity contribution in [3.63, 3.8) is 0 Å². The molecular formula is C14H18. The van der Waals surface area contributed by atoms with Gasteiger partial charge in [-0.3, -0.25) is 0 Å². The van der Waals surface area contributed by atoms with Crippen LogP contribution >= 0.6 is 0 Å². The van der Waals surface area contributed by atoms with Crippen LogP contribution in [0.1, 0.15) is 38.7 Å². The lowest BCUT2D eigenvalue weighted by molar-refractivity contribution is 0.862. The molecule has 0 radical (unpaired) electrons. The van der Waals surface area contributed by atoms with Crippen molar-refractivity contribution in [3.8, 4) is 0 Å². The van der Waals surface area contributed by atoms with Crippen LogP contribution < -0.4 is 0 Å². The molecule has 0 atom stereocenters. The lowest BCUT2D eigenvalue weighted by atomic mass is 10.1. The molecule has 0 aliphatic rings. The van der Waals surface area contributed by atoms with Crippen molar-refractivity contribution < 1.29 is 0 Å². The van der Waals surface area contributed by atoms with E-state index in [1.807, 2.05) is 6.07 Å².